The molecule has 1 N–H and O–H groups in total. The van der Waals surface area contributed by atoms with E-state index in [9.17, 15) is 9.59 Å². The fourth-order valence-electron chi connectivity index (χ4n) is 2.99. The van der Waals surface area contributed by atoms with E-state index in [1.54, 1.807) is 38.5 Å². The quantitative estimate of drug-likeness (QED) is 0.618. The summed E-state index contributed by atoms with van der Waals surface area (Å²) in [6.07, 6.45) is 5.03. The number of hydrogen-bond acceptors (Lipinski definition) is 4. The molecule has 1 aromatic heterocycles. The second-order valence-electron chi connectivity index (χ2n) is 7.20. The number of carbonyl (C=O) groups is 2. The fourth-order valence-corrected chi connectivity index (χ4v) is 2.99. The van der Waals surface area contributed by atoms with E-state index in [4.69, 9.17) is 4.74 Å². The van der Waals surface area contributed by atoms with Gasteiger partial charge in [-0.2, -0.15) is 0 Å². The first-order valence-corrected chi connectivity index (χ1v) is 9.57. The van der Waals surface area contributed by atoms with Crippen LogP contribution in [0.2, 0.25) is 0 Å². The molecule has 1 unspecified atom stereocenters. The van der Waals surface area contributed by atoms with Crippen LogP contribution in [0.4, 0.5) is 0 Å². The molecular weight excluding hydrogens is 366 g/mol. The van der Waals surface area contributed by atoms with Gasteiger partial charge in [0.25, 0.3) is 5.91 Å². The molecule has 0 aliphatic heterocycles. The first-order valence-electron chi connectivity index (χ1n) is 9.57. The van der Waals surface area contributed by atoms with Gasteiger partial charge in [-0.15, -0.1) is 0 Å². The number of aryl methyl sites for hydroxylation is 1. The number of nitrogens with one attached hydrogen (secondary N) is 1. The van der Waals surface area contributed by atoms with Crippen molar-refractivity contribution in [2.45, 2.75) is 39.3 Å². The van der Waals surface area contributed by atoms with Crippen molar-refractivity contribution in [2.24, 2.45) is 0 Å². The number of nitrogens with zero attached hydrogens (tertiary/aromatic N) is 2. The number of hydrogen-bond donors (Lipinski definition) is 1. The molecule has 1 heterocycles. The molecule has 6 heteroatoms. The van der Waals surface area contributed by atoms with E-state index in [0.717, 1.165) is 16.8 Å². The largest absolute Gasteiger partial charge is 0.463 e. The normalized spacial score (nSPS) is 11.9. The molecule has 0 spiro atoms. The first-order chi connectivity index (χ1) is 13.9. The van der Waals surface area contributed by atoms with Crippen LogP contribution in [0.25, 0.3) is 5.69 Å². The number of amides is 1. The molecule has 3 rings (SSSR count). The first kappa shape index (κ1) is 20.3. The van der Waals surface area contributed by atoms with E-state index in [1.165, 1.54) is 0 Å². The molecule has 0 aliphatic rings. The predicted octanol–water partition coefficient (Wildman–Crippen LogP) is 3.99. The molecule has 0 fully saturated rings. The summed E-state index contributed by atoms with van der Waals surface area (Å²) in [6.45, 7) is 5.60. The number of aromatic nitrogens is 2. The van der Waals surface area contributed by atoms with Crippen LogP contribution in [0.1, 0.15) is 47.8 Å². The Hall–Kier alpha value is -3.41. The standard InChI is InChI=1S/C23H25N3O3/c1-16(2)29-22(27)14-21(18-9-7-17(3)8-10-18)25-23(28)19-5-4-6-20(13-19)26-12-11-24-15-26/h4-13,15-16,21H,14H2,1-3H3,(H,25,28). The summed E-state index contributed by atoms with van der Waals surface area (Å²) >= 11 is 0. The molecule has 2 aromatic carbocycles. The minimum atomic E-state index is -0.480. The number of ether oxygens (including phenoxy) is 1. The lowest BCUT2D eigenvalue weighted by molar-refractivity contribution is -0.147. The van der Waals surface area contributed by atoms with Crippen molar-refractivity contribution < 1.29 is 14.3 Å². The molecule has 0 aliphatic carbocycles. The number of rotatable bonds is 7. The maximum Gasteiger partial charge on any atom is 0.308 e. The van der Waals surface area contributed by atoms with E-state index < -0.39 is 6.04 Å². The average molecular weight is 391 g/mol. The topological polar surface area (TPSA) is 73.2 Å². The highest BCUT2D eigenvalue weighted by molar-refractivity contribution is 5.95. The van der Waals surface area contributed by atoms with E-state index in [-0.39, 0.29) is 24.4 Å². The Morgan fingerprint density at radius 2 is 1.90 bits per heavy atom. The lowest BCUT2D eigenvalue weighted by Crippen LogP contribution is -2.31. The summed E-state index contributed by atoms with van der Waals surface area (Å²) in [7, 11) is 0. The SMILES string of the molecule is Cc1ccc(C(CC(=O)OC(C)C)NC(=O)c2cccc(-n3ccnc3)c2)cc1. The molecule has 150 valence electrons. The van der Waals surface area contributed by atoms with Crippen molar-refractivity contribution in [1.82, 2.24) is 14.9 Å². The minimum absolute atomic E-state index is 0.0637. The van der Waals surface area contributed by atoms with Crippen LogP contribution in [0.5, 0.6) is 0 Å². The van der Waals surface area contributed by atoms with Crippen molar-refractivity contribution in [3.05, 3.63) is 83.9 Å². The van der Waals surface area contributed by atoms with Gasteiger partial charge in [0.1, 0.15) is 0 Å². The zero-order valence-corrected chi connectivity index (χ0v) is 16.8. The van der Waals surface area contributed by atoms with Gasteiger partial charge >= 0.3 is 5.97 Å². The van der Waals surface area contributed by atoms with Crippen molar-refractivity contribution in [3.63, 3.8) is 0 Å². The zero-order valence-electron chi connectivity index (χ0n) is 16.8. The zero-order chi connectivity index (χ0) is 20.8. The molecule has 6 nitrogen and oxygen atoms in total. The van der Waals surface area contributed by atoms with Crippen LogP contribution in [0.3, 0.4) is 0 Å². The van der Waals surface area contributed by atoms with E-state index >= 15 is 0 Å². The van der Waals surface area contributed by atoms with Gasteiger partial charge in [0.2, 0.25) is 0 Å². The molecule has 0 radical (unpaired) electrons. The molecule has 1 atom stereocenters. The van der Waals surface area contributed by atoms with Gasteiger partial charge in [0.15, 0.2) is 0 Å². The molecular formula is C23H25N3O3. The van der Waals surface area contributed by atoms with Gasteiger partial charge in [-0.3, -0.25) is 9.59 Å². The van der Waals surface area contributed by atoms with Gasteiger partial charge in [0, 0.05) is 23.6 Å². The van der Waals surface area contributed by atoms with Crippen LogP contribution in [0.15, 0.2) is 67.3 Å². The van der Waals surface area contributed by atoms with Gasteiger partial charge in [-0.05, 0) is 44.5 Å². The van der Waals surface area contributed by atoms with Crippen molar-refractivity contribution >= 4 is 11.9 Å². The summed E-state index contributed by atoms with van der Waals surface area (Å²) < 4.78 is 7.11. The highest BCUT2D eigenvalue weighted by atomic mass is 16.5. The monoisotopic (exact) mass is 391 g/mol. The van der Waals surface area contributed by atoms with Gasteiger partial charge in [-0.25, -0.2) is 4.98 Å². The Kier molecular flexibility index (Phi) is 6.44. The Labute approximate surface area is 170 Å². The van der Waals surface area contributed by atoms with Gasteiger partial charge in [-0.1, -0.05) is 35.9 Å². The summed E-state index contributed by atoms with van der Waals surface area (Å²) in [5.41, 5.74) is 3.30. The third kappa shape index (κ3) is 5.54. The minimum Gasteiger partial charge on any atom is -0.463 e. The maximum absolute atomic E-state index is 12.9. The van der Waals surface area contributed by atoms with Crippen molar-refractivity contribution in [1.29, 1.82) is 0 Å². The third-order valence-electron chi connectivity index (χ3n) is 4.43. The summed E-state index contributed by atoms with van der Waals surface area (Å²) in [5.74, 6) is -0.604. The number of esters is 1. The smallest absolute Gasteiger partial charge is 0.308 e. The van der Waals surface area contributed by atoms with Gasteiger partial charge < -0.3 is 14.6 Å². The van der Waals surface area contributed by atoms with Crippen LogP contribution in [-0.2, 0) is 9.53 Å². The van der Waals surface area contributed by atoms with Crippen LogP contribution in [-0.4, -0.2) is 27.5 Å². The molecule has 0 saturated carbocycles. The van der Waals surface area contributed by atoms with Crippen molar-refractivity contribution in [2.75, 3.05) is 0 Å². The fraction of sp³-hybridized carbons (Fsp3) is 0.261. The highest BCUT2D eigenvalue weighted by Gasteiger charge is 2.21. The lowest BCUT2D eigenvalue weighted by atomic mass is 10.0. The Morgan fingerprint density at radius 1 is 1.14 bits per heavy atom. The van der Waals surface area contributed by atoms with E-state index in [2.05, 4.69) is 10.3 Å². The van der Waals surface area contributed by atoms with Crippen molar-refractivity contribution in [3.8, 4) is 5.69 Å². The number of benzene rings is 2. The lowest BCUT2D eigenvalue weighted by Gasteiger charge is -2.20. The molecule has 0 bridgehead atoms. The maximum atomic E-state index is 12.9. The van der Waals surface area contributed by atoms with E-state index in [1.807, 2.05) is 54.1 Å². The predicted molar refractivity (Wildman–Crippen MR) is 111 cm³/mol. The van der Waals surface area contributed by atoms with Crippen LogP contribution >= 0.6 is 0 Å². The highest BCUT2D eigenvalue weighted by Crippen LogP contribution is 2.20. The average Bonchev–Trinajstić information content (AvgIpc) is 3.22. The molecule has 29 heavy (non-hydrogen) atoms. The second kappa shape index (κ2) is 9.19. The molecule has 0 saturated heterocycles. The summed E-state index contributed by atoms with van der Waals surface area (Å²) in [4.78, 5) is 29.2. The third-order valence-corrected chi connectivity index (χ3v) is 4.43. The Bertz CT molecular complexity index is 963. The van der Waals surface area contributed by atoms with Crippen LogP contribution in [0, 0.1) is 6.92 Å². The number of carbonyl (C=O) groups excluding carboxylic acids is 2. The number of imidazole rings is 1. The van der Waals surface area contributed by atoms with E-state index in [0.29, 0.717) is 5.56 Å². The Morgan fingerprint density at radius 3 is 2.55 bits per heavy atom. The molecule has 1 amide bonds. The summed E-state index contributed by atoms with van der Waals surface area (Å²) in [5, 5.41) is 2.98. The van der Waals surface area contributed by atoms with Crippen LogP contribution < -0.4 is 5.32 Å². The second-order valence-corrected chi connectivity index (χ2v) is 7.20. The molecule has 3 aromatic rings. The van der Waals surface area contributed by atoms with Gasteiger partial charge in [0.05, 0.1) is 24.9 Å². The summed E-state index contributed by atoms with van der Waals surface area (Å²) in [6, 6.07) is 14.5. The Balaban J connectivity index is 1.81.